The second kappa shape index (κ2) is 5.80. The summed E-state index contributed by atoms with van der Waals surface area (Å²) in [6.45, 7) is 6.91. The van der Waals surface area contributed by atoms with Crippen molar-refractivity contribution in [3.8, 4) is 11.5 Å². The van der Waals surface area contributed by atoms with E-state index in [2.05, 4.69) is 19.2 Å². The van der Waals surface area contributed by atoms with Gasteiger partial charge in [-0.15, -0.1) is 0 Å². The van der Waals surface area contributed by atoms with E-state index in [9.17, 15) is 5.11 Å². The van der Waals surface area contributed by atoms with Gasteiger partial charge in [0.05, 0.1) is 5.60 Å². The Morgan fingerprint density at radius 2 is 2.11 bits per heavy atom. The van der Waals surface area contributed by atoms with Gasteiger partial charge in [-0.05, 0) is 38.0 Å². The molecule has 0 fully saturated rings. The van der Waals surface area contributed by atoms with Gasteiger partial charge in [0.15, 0.2) is 11.5 Å². The van der Waals surface area contributed by atoms with Crippen molar-refractivity contribution in [1.82, 2.24) is 5.32 Å². The highest BCUT2D eigenvalue weighted by atomic mass is 16.7. The van der Waals surface area contributed by atoms with E-state index in [1.165, 1.54) is 0 Å². The van der Waals surface area contributed by atoms with E-state index in [1.807, 2.05) is 25.1 Å². The van der Waals surface area contributed by atoms with Gasteiger partial charge in [0.25, 0.3) is 0 Å². The van der Waals surface area contributed by atoms with Crippen LogP contribution >= 0.6 is 0 Å². The Hall–Kier alpha value is -1.26. The van der Waals surface area contributed by atoms with Crippen molar-refractivity contribution < 1.29 is 14.6 Å². The summed E-state index contributed by atoms with van der Waals surface area (Å²) in [7, 11) is 0. The monoisotopic (exact) mass is 265 g/mol. The van der Waals surface area contributed by atoms with E-state index < -0.39 is 5.60 Å². The second-order valence-corrected chi connectivity index (χ2v) is 5.46. The number of hydrogen-bond donors (Lipinski definition) is 2. The summed E-state index contributed by atoms with van der Waals surface area (Å²) in [6, 6.07) is 6.12. The van der Waals surface area contributed by atoms with Crippen molar-refractivity contribution in [2.45, 2.75) is 45.3 Å². The Labute approximate surface area is 114 Å². The molecule has 2 unspecified atom stereocenters. The molecule has 2 rings (SSSR count). The first-order chi connectivity index (χ1) is 9.02. The lowest BCUT2D eigenvalue weighted by Crippen LogP contribution is -2.38. The van der Waals surface area contributed by atoms with Gasteiger partial charge in [0.1, 0.15) is 0 Å². The molecule has 1 aromatic carbocycles. The highest BCUT2D eigenvalue weighted by Gasteiger charge is 2.21. The van der Waals surface area contributed by atoms with Gasteiger partial charge in [0.2, 0.25) is 6.79 Å². The fraction of sp³-hybridized carbons (Fsp3) is 0.600. The predicted octanol–water partition coefficient (Wildman–Crippen LogP) is 2.62. The van der Waals surface area contributed by atoms with Crippen LogP contribution in [0.4, 0.5) is 0 Å². The van der Waals surface area contributed by atoms with Crippen LogP contribution in [0.5, 0.6) is 11.5 Å². The maximum atomic E-state index is 10.2. The number of hydrogen-bond acceptors (Lipinski definition) is 4. The standard InChI is InChI=1S/C15H23NO3/c1-4-7-15(3,17)9-16-11(2)12-5-6-13-14(8-12)19-10-18-13/h5-6,8,11,16-17H,4,7,9-10H2,1-3H3. The molecule has 19 heavy (non-hydrogen) atoms. The van der Waals surface area contributed by atoms with Crippen LogP contribution in [0.1, 0.15) is 45.2 Å². The van der Waals surface area contributed by atoms with Crippen molar-refractivity contribution in [3.63, 3.8) is 0 Å². The quantitative estimate of drug-likeness (QED) is 0.830. The molecule has 0 saturated heterocycles. The van der Waals surface area contributed by atoms with Gasteiger partial charge >= 0.3 is 0 Å². The maximum Gasteiger partial charge on any atom is 0.231 e. The Morgan fingerprint density at radius 3 is 2.84 bits per heavy atom. The minimum Gasteiger partial charge on any atom is -0.454 e. The number of aliphatic hydroxyl groups is 1. The highest BCUT2D eigenvalue weighted by Crippen LogP contribution is 2.34. The van der Waals surface area contributed by atoms with Gasteiger partial charge < -0.3 is 19.9 Å². The molecule has 2 N–H and O–H groups in total. The van der Waals surface area contributed by atoms with Crippen LogP contribution in [0.2, 0.25) is 0 Å². The van der Waals surface area contributed by atoms with E-state index >= 15 is 0 Å². The van der Waals surface area contributed by atoms with E-state index in [0.29, 0.717) is 13.3 Å². The van der Waals surface area contributed by atoms with Crippen molar-refractivity contribution in [2.75, 3.05) is 13.3 Å². The molecular weight excluding hydrogens is 242 g/mol. The van der Waals surface area contributed by atoms with Crippen LogP contribution in [0, 0.1) is 0 Å². The number of ether oxygens (including phenoxy) is 2. The van der Waals surface area contributed by atoms with Gasteiger partial charge in [-0.1, -0.05) is 19.4 Å². The Kier molecular flexibility index (Phi) is 4.32. The minimum atomic E-state index is -0.653. The third-order valence-corrected chi connectivity index (χ3v) is 3.47. The van der Waals surface area contributed by atoms with Crippen LogP contribution in [-0.4, -0.2) is 24.0 Å². The smallest absolute Gasteiger partial charge is 0.231 e. The SMILES string of the molecule is CCCC(C)(O)CNC(C)c1ccc2c(c1)OCO2. The second-order valence-electron chi connectivity index (χ2n) is 5.46. The first-order valence-electron chi connectivity index (χ1n) is 6.87. The first kappa shape index (κ1) is 14.2. The van der Waals surface area contributed by atoms with Crippen LogP contribution in [0.15, 0.2) is 18.2 Å². The van der Waals surface area contributed by atoms with Crippen molar-refractivity contribution in [1.29, 1.82) is 0 Å². The summed E-state index contributed by atoms with van der Waals surface area (Å²) in [6.07, 6.45) is 1.78. The largest absolute Gasteiger partial charge is 0.454 e. The summed E-state index contributed by atoms with van der Waals surface area (Å²) in [4.78, 5) is 0. The number of fused-ring (bicyclic) bond motifs is 1. The predicted molar refractivity (Wildman–Crippen MR) is 74.5 cm³/mol. The molecule has 4 heteroatoms. The zero-order valence-corrected chi connectivity index (χ0v) is 11.9. The van der Waals surface area contributed by atoms with E-state index in [1.54, 1.807) is 0 Å². The first-order valence-corrected chi connectivity index (χ1v) is 6.87. The van der Waals surface area contributed by atoms with Crippen molar-refractivity contribution >= 4 is 0 Å². The summed E-state index contributed by atoms with van der Waals surface area (Å²) in [5.41, 5.74) is 0.482. The van der Waals surface area contributed by atoms with Crippen LogP contribution in [0.3, 0.4) is 0 Å². The molecule has 2 atom stereocenters. The topological polar surface area (TPSA) is 50.7 Å². The average Bonchev–Trinajstić information content (AvgIpc) is 2.83. The van der Waals surface area contributed by atoms with Crippen LogP contribution in [0.25, 0.3) is 0 Å². The van der Waals surface area contributed by atoms with Gasteiger partial charge in [0, 0.05) is 12.6 Å². The summed E-state index contributed by atoms with van der Waals surface area (Å²) < 4.78 is 10.7. The molecule has 1 aliphatic heterocycles. The molecule has 0 bridgehead atoms. The number of nitrogens with one attached hydrogen (secondary N) is 1. The molecule has 0 aromatic heterocycles. The third kappa shape index (κ3) is 3.61. The maximum absolute atomic E-state index is 10.2. The Balaban J connectivity index is 1.95. The molecule has 0 saturated carbocycles. The average molecular weight is 265 g/mol. The van der Waals surface area contributed by atoms with E-state index in [0.717, 1.165) is 29.9 Å². The number of rotatable bonds is 6. The van der Waals surface area contributed by atoms with Crippen molar-refractivity contribution in [2.24, 2.45) is 0 Å². The lowest BCUT2D eigenvalue weighted by molar-refractivity contribution is 0.0476. The molecule has 106 valence electrons. The van der Waals surface area contributed by atoms with Gasteiger partial charge in [-0.25, -0.2) is 0 Å². The fourth-order valence-electron chi connectivity index (χ4n) is 2.30. The van der Waals surface area contributed by atoms with Crippen molar-refractivity contribution in [3.05, 3.63) is 23.8 Å². The summed E-state index contributed by atoms with van der Waals surface area (Å²) in [5, 5.41) is 13.5. The molecule has 0 aliphatic carbocycles. The molecule has 0 radical (unpaired) electrons. The van der Waals surface area contributed by atoms with Crippen LogP contribution in [-0.2, 0) is 0 Å². The lowest BCUT2D eigenvalue weighted by Gasteiger charge is -2.25. The molecular formula is C15H23NO3. The molecule has 0 spiro atoms. The fourth-order valence-corrected chi connectivity index (χ4v) is 2.30. The molecule has 4 nitrogen and oxygen atoms in total. The zero-order valence-electron chi connectivity index (χ0n) is 11.9. The van der Waals surface area contributed by atoms with E-state index in [-0.39, 0.29) is 6.04 Å². The summed E-state index contributed by atoms with van der Waals surface area (Å²) in [5.74, 6) is 1.60. The van der Waals surface area contributed by atoms with E-state index in [4.69, 9.17) is 9.47 Å². The normalized spacial score (nSPS) is 18.1. The number of benzene rings is 1. The van der Waals surface area contributed by atoms with Gasteiger partial charge in [-0.3, -0.25) is 0 Å². The lowest BCUT2D eigenvalue weighted by atomic mass is 9.99. The minimum absolute atomic E-state index is 0.165. The molecule has 1 aliphatic rings. The highest BCUT2D eigenvalue weighted by molar-refractivity contribution is 5.45. The molecule has 1 aromatic rings. The zero-order chi connectivity index (χ0) is 13.9. The Morgan fingerprint density at radius 1 is 1.37 bits per heavy atom. The molecule has 1 heterocycles. The molecule has 0 amide bonds. The third-order valence-electron chi connectivity index (χ3n) is 3.47. The Bertz CT molecular complexity index is 431. The van der Waals surface area contributed by atoms with Crippen LogP contribution < -0.4 is 14.8 Å². The van der Waals surface area contributed by atoms with Gasteiger partial charge in [-0.2, -0.15) is 0 Å². The summed E-state index contributed by atoms with van der Waals surface area (Å²) >= 11 is 0.